The summed E-state index contributed by atoms with van der Waals surface area (Å²) in [4.78, 5) is 6.49. The second kappa shape index (κ2) is 6.82. The van der Waals surface area contributed by atoms with Crippen molar-refractivity contribution < 1.29 is 9.52 Å². The van der Waals surface area contributed by atoms with Crippen LogP contribution >= 0.6 is 11.6 Å². The van der Waals surface area contributed by atoms with Gasteiger partial charge in [-0.25, -0.2) is 4.98 Å². The standard InChI is InChI=1S/C17H21ClN2O2/c1-20(10-12-5-4-8-15(12)21)11-17-19-9-16(22-17)13-6-2-3-7-14(13)18/h2-3,6-7,9,12,15,21H,4-5,8,10-11H2,1H3. The molecule has 0 spiro atoms. The number of halogens is 1. The Balaban J connectivity index is 1.63. The SMILES string of the molecule is CN(Cc1ncc(-c2ccccc2Cl)o1)CC1CCCC1O. The van der Waals surface area contributed by atoms with Gasteiger partial charge in [0.1, 0.15) is 0 Å². The molecule has 22 heavy (non-hydrogen) atoms. The van der Waals surface area contributed by atoms with Crippen LogP contribution in [0, 0.1) is 5.92 Å². The minimum atomic E-state index is -0.161. The van der Waals surface area contributed by atoms with Gasteiger partial charge in [-0.2, -0.15) is 0 Å². The van der Waals surface area contributed by atoms with Gasteiger partial charge in [0.05, 0.1) is 23.9 Å². The number of benzene rings is 1. The highest BCUT2D eigenvalue weighted by Gasteiger charge is 2.26. The lowest BCUT2D eigenvalue weighted by Gasteiger charge is -2.21. The van der Waals surface area contributed by atoms with Crippen LogP contribution in [0.4, 0.5) is 0 Å². The van der Waals surface area contributed by atoms with Crippen molar-refractivity contribution in [3.8, 4) is 11.3 Å². The highest BCUT2D eigenvalue weighted by molar-refractivity contribution is 6.33. The van der Waals surface area contributed by atoms with E-state index in [1.807, 2.05) is 31.3 Å². The van der Waals surface area contributed by atoms with E-state index in [4.69, 9.17) is 16.0 Å². The van der Waals surface area contributed by atoms with Crippen molar-refractivity contribution in [1.82, 2.24) is 9.88 Å². The zero-order chi connectivity index (χ0) is 15.5. The molecule has 0 radical (unpaired) electrons. The molecule has 1 aliphatic rings. The lowest BCUT2D eigenvalue weighted by atomic mass is 10.1. The average Bonchev–Trinajstić information content (AvgIpc) is 3.10. The van der Waals surface area contributed by atoms with Crippen LogP contribution in [0.3, 0.4) is 0 Å². The quantitative estimate of drug-likeness (QED) is 0.914. The average molecular weight is 321 g/mol. The Hall–Kier alpha value is -1.36. The lowest BCUT2D eigenvalue weighted by molar-refractivity contribution is 0.105. The van der Waals surface area contributed by atoms with Crippen LogP contribution in [-0.4, -0.2) is 34.7 Å². The van der Waals surface area contributed by atoms with Crippen molar-refractivity contribution in [3.05, 3.63) is 41.4 Å². The molecule has 1 N–H and O–H groups in total. The van der Waals surface area contributed by atoms with E-state index in [0.717, 1.165) is 31.4 Å². The van der Waals surface area contributed by atoms with E-state index in [1.165, 1.54) is 0 Å². The fourth-order valence-electron chi connectivity index (χ4n) is 3.09. The Kier molecular flexibility index (Phi) is 4.81. The normalized spacial score (nSPS) is 21.6. The summed E-state index contributed by atoms with van der Waals surface area (Å²) in [6.45, 7) is 1.50. The zero-order valence-electron chi connectivity index (χ0n) is 12.7. The van der Waals surface area contributed by atoms with Crippen LogP contribution in [0.25, 0.3) is 11.3 Å². The first-order valence-corrected chi connectivity index (χ1v) is 8.07. The van der Waals surface area contributed by atoms with E-state index in [0.29, 0.717) is 29.1 Å². The smallest absolute Gasteiger partial charge is 0.209 e. The van der Waals surface area contributed by atoms with E-state index in [-0.39, 0.29) is 6.10 Å². The Morgan fingerprint density at radius 1 is 1.36 bits per heavy atom. The molecular weight excluding hydrogens is 300 g/mol. The molecule has 2 unspecified atom stereocenters. The van der Waals surface area contributed by atoms with Crippen molar-refractivity contribution in [3.63, 3.8) is 0 Å². The molecule has 1 saturated carbocycles. The van der Waals surface area contributed by atoms with Crippen molar-refractivity contribution in [1.29, 1.82) is 0 Å². The Bertz CT molecular complexity index is 629. The van der Waals surface area contributed by atoms with Gasteiger partial charge in [0.2, 0.25) is 5.89 Å². The van der Waals surface area contributed by atoms with E-state index < -0.39 is 0 Å². The summed E-state index contributed by atoms with van der Waals surface area (Å²) in [6, 6.07) is 7.58. The summed E-state index contributed by atoms with van der Waals surface area (Å²) in [7, 11) is 2.03. The lowest BCUT2D eigenvalue weighted by Crippen LogP contribution is -2.29. The van der Waals surface area contributed by atoms with Crippen LogP contribution in [0.1, 0.15) is 25.2 Å². The monoisotopic (exact) mass is 320 g/mol. The number of aromatic nitrogens is 1. The molecule has 1 heterocycles. The number of aliphatic hydroxyl groups excluding tert-OH is 1. The summed E-state index contributed by atoms with van der Waals surface area (Å²) in [5.74, 6) is 1.72. The third kappa shape index (κ3) is 3.51. The highest BCUT2D eigenvalue weighted by atomic mass is 35.5. The molecule has 4 nitrogen and oxygen atoms in total. The Morgan fingerprint density at radius 3 is 2.91 bits per heavy atom. The van der Waals surface area contributed by atoms with E-state index in [2.05, 4.69) is 9.88 Å². The maximum Gasteiger partial charge on any atom is 0.209 e. The topological polar surface area (TPSA) is 49.5 Å². The molecule has 2 atom stereocenters. The molecule has 2 aromatic rings. The van der Waals surface area contributed by atoms with Crippen LogP contribution in [0.2, 0.25) is 5.02 Å². The second-order valence-electron chi connectivity index (χ2n) is 6.05. The molecule has 0 saturated heterocycles. The maximum absolute atomic E-state index is 9.91. The van der Waals surface area contributed by atoms with Crippen molar-refractivity contribution in [2.24, 2.45) is 5.92 Å². The number of hydrogen-bond donors (Lipinski definition) is 1. The molecule has 0 bridgehead atoms. The van der Waals surface area contributed by atoms with E-state index in [9.17, 15) is 5.11 Å². The minimum Gasteiger partial charge on any atom is -0.439 e. The van der Waals surface area contributed by atoms with Gasteiger partial charge in [0.25, 0.3) is 0 Å². The third-order valence-electron chi connectivity index (χ3n) is 4.26. The van der Waals surface area contributed by atoms with Gasteiger partial charge in [0.15, 0.2) is 5.76 Å². The molecule has 3 rings (SSSR count). The van der Waals surface area contributed by atoms with Crippen molar-refractivity contribution in [2.75, 3.05) is 13.6 Å². The van der Waals surface area contributed by atoms with Gasteiger partial charge in [-0.05, 0) is 37.9 Å². The Labute approximate surface area is 135 Å². The minimum absolute atomic E-state index is 0.161. The second-order valence-corrected chi connectivity index (χ2v) is 6.46. The van der Waals surface area contributed by atoms with Gasteiger partial charge < -0.3 is 9.52 Å². The van der Waals surface area contributed by atoms with Gasteiger partial charge in [-0.3, -0.25) is 4.90 Å². The largest absolute Gasteiger partial charge is 0.439 e. The number of hydrogen-bond acceptors (Lipinski definition) is 4. The van der Waals surface area contributed by atoms with Crippen LogP contribution in [-0.2, 0) is 6.54 Å². The third-order valence-corrected chi connectivity index (χ3v) is 4.59. The summed E-state index contributed by atoms with van der Waals surface area (Å²) >= 11 is 6.18. The Morgan fingerprint density at radius 2 is 2.18 bits per heavy atom. The highest BCUT2D eigenvalue weighted by Crippen LogP contribution is 2.29. The number of rotatable bonds is 5. The summed E-state index contributed by atoms with van der Waals surface area (Å²) in [5.41, 5.74) is 0.858. The fraction of sp³-hybridized carbons (Fsp3) is 0.471. The van der Waals surface area contributed by atoms with E-state index in [1.54, 1.807) is 6.20 Å². The van der Waals surface area contributed by atoms with Gasteiger partial charge in [-0.15, -0.1) is 0 Å². The number of oxazole rings is 1. The molecule has 1 aromatic carbocycles. The molecule has 0 aliphatic heterocycles. The number of aliphatic hydroxyl groups is 1. The summed E-state index contributed by atoms with van der Waals surface area (Å²) < 4.78 is 5.81. The molecule has 1 aliphatic carbocycles. The summed E-state index contributed by atoms with van der Waals surface area (Å²) in [6.07, 6.45) is 4.70. The molecule has 0 amide bonds. The molecule has 118 valence electrons. The molecule has 1 aromatic heterocycles. The van der Waals surface area contributed by atoms with Gasteiger partial charge in [-0.1, -0.05) is 30.2 Å². The van der Waals surface area contributed by atoms with Crippen molar-refractivity contribution in [2.45, 2.75) is 31.9 Å². The van der Waals surface area contributed by atoms with Gasteiger partial charge >= 0.3 is 0 Å². The zero-order valence-corrected chi connectivity index (χ0v) is 13.5. The maximum atomic E-state index is 9.91. The first-order valence-electron chi connectivity index (χ1n) is 7.69. The summed E-state index contributed by atoms with van der Waals surface area (Å²) in [5, 5.41) is 10.6. The fourth-order valence-corrected chi connectivity index (χ4v) is 3.32. The predicted octanol–water partition coefficient (Wildman–Crippen LogP) is 3.59. The first-order chi connectivity index (χ1) is 10.6. The molecular formula is C17H21ClN2O2. The molecule has 5 heteroatoms. The van der Waals surface area contributed by atoms with Crippen LogP contribution in [0.15, 0.2) is 34.9 Å². The predicted molar refractivity (Wildman–Crippen MR) is 86.6 cm³/mol. The first kappa shape index (κ1) is 15.5. The van der Waals surface area contributed by atoms with Gasteiger partial charge in [0, 0.05) is 12.1 Å². The van der Waals surface area contributed by atoms with Crippen LogP contribution < -0.4 is 0 Å². The van der Waals surface area contributed by atoms with E-state index >= 15 is 0 Å². The molecule has 1 fully saturated rings. The van der Waals surface area contributed by atoms with Crippen LogP contribution in [0.5, 0.6) is 0 Å². The number of nitrogens with zero attached hydrogens (tertiary/aromatic N) is 2. The van der Waals surface area contributed by atoms with Crippen molar-refractivity contribution >= 4 is 11.6 Å².